The quantitative estimate of drug-likeness (QED) is 0.253. The molecule has 0 saturated heterocycles. The Labute approximate surface area is 249 Å². The number of hydrogen-bond donors (Lipinski definition) is 2. The summed E-state index contributed by atoms with van der Waals surface area (Å²) in [6, 6.07) is 15.1. The summed E-state index contributed by atoms with van der Waals surface area (Å²) in [7, 11) is -3.31. The molecule has 1 saturated carbocycles. The van der Waals surface area contributed by atoms with Crippen LogP contribution in [0.5, 0.6) is 0 Å². The minimum absolute atomic E-state index is 0.152. The molecule has 2 aliphatic rings. The lowest BCUT2D eigenvalue weighted by molar-refractivity contribution is -0.115. The molecule has 0 bridgehead atoms. The minimum atomic E-state index is -3.31. The first-order valence-corrected chi connectivity index (χ1v) is 16.9. The Hall–Kier alpha value is -3.48. The van der Waals surface area contributed by atoms with E-state index in [9.17, 15) is 13.2 Å². The van der Waals surface area contributed by atoms with E-state index in [1.165, 1.54) is 21.8 Å². The third-order valence-corrected chi connectivity index (χ3v) is 11.0. The number of fused-ring (bicyclic) bond motifs is 1. The number of thiazole rings is 1. The smallest absolute Gasteiger partial charge is 0.230 e. The molecule has 10 nitrogen and oxygen atoms in total. The van der Waals surface area contributed by atoms with Crippen LogP contribution in [0.15, 0.2) is 53.4 Å². The Balaban J connectivity index is 1.06. The van der Waals surface area contributed by atoms with E-state index in [1.54, 1.807) is 24.3 Å². The summed E-state index contributed by atoms with van der Waals surface area (Å²) in [4.78, 5) is 21.7. The number of carbonyl (C=O) groups is 1. The number of aromatic amines is 1. The van der Waals surface area contributed by atoms with Gasteiger partial charge in [-0.15, -0.1) is 16.4 Å². The highest BCUT2D eigenvalue weighted by molar-refractivity contribution is 7.91. The summed E-state index contributed by atoms with van der Waals surface area (Å²) in [5.74, 6) is 1.30. The summed E-state index contributed by atoms with van der Waals surface area (Å²) in [6.45, 7) is 5.95. The van der Waals surface area contributed by atoms with Crippen molar-refractivity contribution in [3.05, 3.63) is 70.2 Å². The van der Waals surface area contributed by atoms with Crippen molar-refractivity contribution < 1.29 is 13.2 Å². The molecule has 2 aromatic heterocycles. The van der Waals surface area contributed by atoms with E-state index in [1.807, 2.05) is 12.1 Å². The van der Waals surface area contributed by atoms with Gasteiger partial charge in [-0.2, -0.15) is 0 Å². The molecule has 2 aromatic carbocycles. The van der Waals surface area contributed by atoms with Crippen LogP contribution in [-0.4, -0.2) is 50.6 Å². The molecular weight excluding hydrogens is 571 g/mol. The van der Waals surface area contributed by atoms with Crippen LogP contribution < -0.4 is 5.32 Å². The van der Waals surface area contributed by atoms with E-state index >= 15 is 0 Å². The molecule has 3 heterocycles. The second-order valence-corrected chi connectivity index (χ2v) is 14.8. The standard InChI is InChI=1S/C30H35N7O3S2/c1-19(2)28-27-25(17-37(28)16-21-7-11-23(12-8-21)29-33-35-36-34-29)41-30(32-27)31-26(38)15-20-9-13-24(14-10-20)42(39,40)18-22-5-3-4-6-22/h7-14,19,22,28H,3-6,15-18H2,1-2H3,(H,31,32,38)(H,33,34,35,36)/t28-/m0/s1. The van der Waals surface area contributed by atoms with Crippen LogP contribution in [0.1, 0.15) is 67.3 Å². The molecule has 6 rings (SSSR count). The molecule has 220 valence electrons. The molecule has 2 N–H and O–H groups in total. The van der Waals surface area contributed by atoms with E-state index in [2.05, 4.69) is 56.8 Å². The van der Waals surface area contributed by atoms with Gasteiger partial charge in [-0.05, 0) is 58.4 Å². The second kappa shape index (κ2) is 12.0. The van der Waals surface area contributed by atoms with Crippen LogP contribution in [-0.2, 0) is 34.1 Å². The average molecular weight is 606 g/mol. The van der Waals surface area contributed by atoms with Gasteiger partial charge >= 0.3 is 0 Å². The first-order valence-electron chi connectivity index (χ1n) is 14.4. The normalized spacial score (nSPS) is 17.6. The van der Waals surface area contributed by atoms with Gasteiger partial charge in [-0.3, -0.25) is 9.69 Å². The Morgan fingerprint density at radius 2 is 1.79 bits per heavy atom. The van der Waals surface area contributed by atoms with Crippen molar-refractivity contribution in [2.75, 3.05) is 11.1 Å². The number of tetrazole rings is 1. The topological polar surface area (TPSA) is 134 Å². The zero-order valence-corrected chi connectivity index (χ0v) is 25.4. The largest absolute Gasteiger partial charge is 0.302 e. The van der Waals surface area contributed by atoms with E-state index < -0.39 is 9.84 Å². The molecule has 0 spiro atoms. The molecular formula is C30H35N7O3S2. The fraction of sp³-hybridized carbons (Fsp3) is 0.433. The van der Waals surface area contributed by atoms with E-state index in [4.69, 9.17) is 4.98 Å². The van der Waals surface area contributed by atoms with Gasteiger partial charge in [0, 0.05) is 23.5 Å². The van der Waals surface area contributed by atoms with Crippen LogP contribution in [0.25, 0.3) is 11.4 Å². The molecule has 4 aromatic rings. The molecule has 12 heteroatoms. The Morgan fingerprint density at radius 1 is 1.07 bits per heavy atom. The third kappa shape index (κ3) is 6.30. The molecule has 1 amide bonds. The number of nitrogens with zero attached hydrogens (tertiary/aromatic N) is 5. The summed E-state index contributed by atoms with van der Waals surface area (Å²) >= 11 is 1.53. The van der Waals surface area contributed by atoms with Crippen LogP contribution in [0.3, 0.4) is 0 Å². The molecule has 1 aliphatic heterocycles. The fourth-order valence-electron chi connectivity index (χ4n) is 6.14. The lowest BCUT2D eigenvalue weighted by Gasteiger charge is -2.27. The van der Waals surface area contributed by atoms with Crippen molar-refractivity contribution in [3.63, 3.8) is 0 Å². The van der Waals surface area contributed by atoms with Crippen molar-refractivity contribution in [3.8, 4) is 11.4 Å². The first-order chi connectivity index (χ1) is 20.2. The van der Waals surface area contributed by atoms with Crippen molar-refractivity contribution >= 4 is 32.2 Å². The number of amides is 1. The maximum Gasteiger partial charge on any atom is 0.230 e. The lowest BCUT2D eigenvalue weighted by atomic mass is 10.0. The fourth-order valence-corrected chi connectivity index (χ4v) is 8.88. The van der Waals surface area contributed by atoms with Crippen LogP contribution in [0.4, 0.5) is 5.13 Å². The maximum absolute atomic E-state index is 12.9. The zero-order chi connectivity index (χ0) is 29.3. The van der Waals surface area contributed by atoms with Gasteiger partial charge in [0.05, 0.1) is 28.8 Å². The number of hydrogen-bond acceptors (Lipinski definition) is 9. The molecule has 1 atom stereocenters. The molecule has 0 radical (unpaired) electrons. The van der Waals surface area contributed by atoms with Gasteiger partial charge < -0.3 is 5.32 Å². The van der Waals surface area contributed by atoms with Crippen molar-refractivity contribution in [1.82, 2.24) is 30.5 Å². The zero-order valence-electron chi connectivity index (χ0n) is 23.8. The van der Waals surface area contributed by atoms with Crippen molar-refractivity contribution in [2.24, 2.45) is 11.8 Å². The highest BCUT2D eigenvalue weighted by Gasteiger charge is 2.36. The lowest BCUT2D eigenvalue weighted by Crippen LogP contribution is -2.26. The van der Waals surface area contributed by atoms with Crippen LogP contribution in [0, 0.1) is 11.8 Å². The molecule has 1 fully saturated rings. The maximum atomic E-state index is 12.9. The van der Waals surface area contributed by atoms with Gasteiger partial charge in [-0.25, -0.2) is 18.5 Å². The first kappa shape index (κ1) is 28.6. The number of carbonyl (C=O) groups excluding carboxylic acids is 1. The number of rotatable bonds is 10. The van der Waals surface area contributed by atoms with Gasteiger partial charge in [0.15, 0.2) is 20.8 Å². The van der Waals surface area contributed by atoms with E-state index in [-0.39, 0.29) is 30.0 Å². The number of aromatic nitrogens is 5. The highest BCUT2D eigenvalue weighted by atomic mass is 32.2. The van der Waals surface area contributed by atoms with Gasteiger partial charge in [0.25, 0.3) is 0 Å². The van der Waals surface area contributed by atoms with Crippen molar-refractivity contribution in [2.45, 2.75) is 70.0 Å². The van der Waals surface area contributed by atoms with Gasteiger partial charge in [-0.1, -0.05) is 63.1 Å². The summed E-state index contributed by atoms with van der Waals surface area (Å²) in [6.07, 6.45) is 4.38. The van der Waals surface area contributed by atoms with Crippen LogP contribution in [0.2, 0.25) is 0 Å². The van der Waals surface area contributed by atoms with Gasteiger partial charge in [0.1, 0.15) is 0 Å². The number of sulfone groups is 1. The predicted molar refractivity (Wildman–Crippen MR) is 161 cm³/mol. The van der Waals surface area contributed by atoms with E-state index in [0.29, 0.717) is 21.8 Å². The molecule has 0 unspecified atom stereocenters. The SMILES string of the molecule is CC(C)[C@H]1c2nc(NC(=O)Cc3ccc(S(=O)(=O)CC4CCCC4)cc3)sc2CN1Cc1ccc(-c2nnn[nH]2)cc1. The summed E-state index contributed by atoms with van der Waals surface area (Å²) < 4.78 is 25.6. The number of H-pyrrole nitrogens is 1. The second-order valence-electron chi connectivity index (χ2n) is 11.7. The average Bonchev–Trinajstić information content (AvgIpc) is 3.75. The van der Waals surface area contributed by atoms with Crippen molar-refractivity contribution in [1.29, 1.82) is 0 Å². The van der Waals surface area contributed by atoms with Gasteiger partial charge in [0.2, 0.25) is 5.91 Å². The Bertz CT molecular complexity index is 1630. The Kier molecular flexibility index (Phi) is 8.19. The van der Waals surface area contributed by atoms with E-state index in [0.717, 1.165) is 55.6 Å². The molecule has 1 aliphatic carbocycles. The monoisotopic (exact) mass is 605 g/mol. The Morgan fingerprint density at radius 3 is 2.45 bits per heavy atom. The summed E-state index contributed by atoms with van der Waals surface area (Å²) in [5, 5.41) is 17.6. The highest BCUT2D eigenvalue weighted by Crippen LogP contribution is 2.43. The van der Waals surface area contributed by atoms with Crippen LogP contribution >= 0.6 is 11.3 Å². The third-order valence-electron chi connectivity index (χ3n) is 8.16. The summed E-state index contributed by atoms with van der Waals surface area (Å²) in [5.41, 5.74) is 3.93. The number of benzene rings is 2. The number of nitrogens with one attached hydrogen (secondary N) is 2. The minimum Gasteiger partial charge on any atom is -0.302 e. The molecule has 42 heavy (non-hydrogen) atoms. The predicted octanol–water partition coefficient (Wildman–Crippen LogP) is 5.18. The number of anilines is 1.